The van der Waals surface area contributed by atoms with Crippen LogP contribution in [0.1, 0.15) is 52.0 Å². The molecule has 3 aromatic rings. The molecule has 3 rings (SSSR count). The molecule has 0 saturated heterocycles. The highest BCUT2D eigenvalue weighted by molar-refractivity contribution is 7.80. The Labute approximate surface area is 176 Å². The number of amides is 1. The van der Waals surface area contributed by atoms with Crippen LogP contribution < -0.4 is 10.6 Å². The zero-order valence-electron chi connectivity index (χ0n) is 17.3. The quantitative estimate of drug-likeness (QED) is 0.499. The van der Waals surface area contributed by atoms with Crippen molar-refractivity contribution in [1.82, 2.24) is 10.3 Å². The maximum absolute atomic E-state index is 11.8. The van der Waals surface area contributed by atoms with Crippen LogP contribution in [0.3, 0.4) is 0 Å². The number of anilines is 1. The van der Waals surface area contributed by atoms with Crippen LogP contribution in [0, 0.1) is 5.92 Å². The monoisotopic (exact) mass is 409 g/mol. The number of carbonyl (C=O) groups is 1. The maximum atomic E-state index is 11.8. The molecule has 29 heavy (non-hydrogen) atoms. The number of benzene rings is 2. The molecule has 1 aromatic heterocycles. The molecule has 1 amide bonds. The fourth-order valence-electron chi connectivity index (χ4n) is 3.02. The van der Waals surface area contributed by atoms with E-state index in [0.29, 0.717) is 23.3 Å². The number of hydrogen-bond donors (Lipinski definition) is 2. The highest BCUT2D eigenvalue weighted by atomic mass is 32.1. The number of thiocarbonyl (C=S) groups is 1. The summed E-state index contributed by atoms with van der Waals surface area (Å²) in [5.74, 6) is 1.28. The van der Waals surface area contributed by atoms with E-state index in [2.05, 4.69) is 41.6 Å². The molecule has 0 radical (unpaired) electrons. The van der Waals surface area contributed by atoms with E-state index in [1.165, 1.54) is 5.56 Å². The van der Waals surface area contributed by atoms with Gasteiger partial charge in [0.05, 0.1) is 0 Å². The number of rotatable bonds is 6. The summed E-state index contributed by atoms with van der Waals surface area (Å²) in [7, 11) is 0. The molecule has 0 bridgehead atoms. The van der Waals surface area contributed by atoms with Gasteiger partial charge < -0.3 is 15.1 Å². The minimum Gasteiger partial charge on any atom is -0.436 e. The molecule has 2 N–H and O–H groups in total. The summed E-state index contributed by atoms with van der Waals surface area (Å²) >= 11 is 5.20. The number of nitrogens with zero attached hydrogens (tertiary/aromatic N) is 1. The maximum Gasteiger partial charge on any atom is 0.227 e. The molecule has 2 aromatic carbocycles. The smallest absolute Gasteiger partial charge is 0.227 e. The molecule has 1 heterocycles. The molecule has 0 fully saturated rings. The lowest BCUT2D eigenvalue weighted by Gasteiger charge is -2.10. The normalized spacial score (nSPS) is 12.2. The van der Waals surface area contributed by atoms with E-state index >= 15 is 0 Å². The van der Waals surface area contributed by atoms with Crippen molar-refractivity contribution in [3.05, 3.63) is 48.0 Å². The third-order valence-electron chi connectivity index (χ3n) is 4.83. The summed E-state index contributed by atoms with van der Waals surface area (Å²) in [4.78, 5) is 16.5. The predicted molar refractivity (Wildman–Crippen MR) is 122 cm³/mol. The van der Waals surface area contributed by atoms with Gasteiger partial charge in [0.15, 0.2) is 10.7 Å². The third-order valence-corrected chi connectivity index (χ3v) is 5.03. The molecular formula is C23H27N3O2S. The van der Waals surface area contributed by atoms with E-state index in [0.717, 1.165) is 28.8 Å². The van der Waals surface area contributed by atoms with Crippen molar-refractivity contribution < 1.29 is 9.21 Å². The Morgan fingerprint density at radius 3 is 2.52 bits per heavy atom. The van der Waals surface area contributed by atoms with Crippen molar-refractivity contribution in [2.24, 2.45) is 5.92 Å². The van der Waals surface area contributed by atoms with Gasteiger partial charge in [0.25, 0.3) is 0 Å². The Kier molecular flexibility index (Phi) is 6.64. The fourth-order valence-corrected chi connectivity index (χ4v) is 3.25. The van der Waals surface area contributed by atoms with E-state index in [1.807, 2.05) is 44.2 Å². The lowest BCUT2D eigenvalue weighted by molar-refractivity contribution is -0.120. The van der Waals surface area contributed by atoms with Crippen LogP contribution in [-0.2, 0) is 4.79 Å². The molecule has 6 heteroatoms. The standard InChI is InChI=1S/C23H27N3O2S/c1-5-15(4)17-8-11-20-19(13-17)25-22(28-20)16-6-9-18(10-7-16)24-23(29)26-21(27)12-14(2)3/h6-11,13-15H,5,12H2,1-4H3,(H2,24,26,27,29)/t15-/m0/s1. The molecule has 5 nitrogen and oxygen atoms in total. The van der Waals surface area contributed by atoms with Crippen molar-refractivity contribution in [1.29, 1.82) is 0 Å². The first kappa shape index (κ1) is 21.0. The number of nitrogens with one attached hydrogen (secondary N) is 2. The van der Waals surface area contributed by atoms with Gasteiger partial charge in [-0.3, -0.25) is 4.79 Å². The second-order valence-electron chi connectivity index (χ2n) is 7.73. The van der Waals surface area contributed by atoms with Crippen LogP contribution in [0.25, 0.3) is 22.6 Å². The van der Waals surface area contributed by atoms with Gasteiger partial charge in [-0.1, -0.05) is 33.8 Å². The predicted octanol–water partition coefficient (Wildman–Crippen LogP) is 5.87. The number of oxazole rings is 1. The number of carbonyl (C=O) groups excluding carboxylic acids is 1. The Morgan fingerprint density at radius 1 is 1.14 bits per heavy atom. The average molecular weight is 410 g/mol. The van der Waals surface area contributed by atoms with Gasteiger partial charge >= 0.3 is 0 Å². The summed E-state index contributed by atoms with van der Waals surface area (Å²) in [5, 5.41) is 6.01. The minimum atomic E-state index is -0.0858. The molecule has 0 saturated carbocycles. The van der Waals surface area contributed by atoms with Crippen molar-refractivity contribution in [3.63, 3.8) is 0 Å². The second-order valence-corrected chi connectivity index (χ2v) is 8.14. The Morgan fingerprint density at radius 2 is 1.86 bits per heavy atom. The lowest BCUT2D eigenvalue weighted by Crippen LogP contribution is -2.34. The lowest BCUT2D eigenvalue weighted by atomic mass is 9.98. The fraction of sp³-hybridized carbons (Fsp3) is 0.348. The first-order valence-electron chi connectivity index (χ1n) is 9.97. The van der Waals surface area contributed by atoms with Gasteiger partial charge in [-0.2, -0.15) is 0 Å². The summed E-state index contributed by atoms with van der Waals surface area (Å²) in [6.07, 6.45) is 1.53. The summed E-state index contributed by atoms with van der Waals surface area (Å²) in [6, 6.07) is 13.8. The van der Waals surface area contributed by atoms with Crippen molar-refractivity contribution in [2.75, 3.05) is 5.32 Å². The average Bonchev–Trinajstić information content (AvgIpc) is 3.10. The van der Waals surface area contributed by atoms with Crippen LogP contribution in [0.15, 0.2) is 46.9 Å². The molecule has 0 unspecified atom stereocenters. The summed E-state index contributed by atoms with van der Waals surface area (Å²) < 4.78 is 5.92. The molecule has 152 valence electrons. The van der Waals surface area contributed by atoms with Crippen molar-refractivity contribution in [3.8, 4) is 11.5 Å². The van der Waals surface area contributed by atoms with Gasteiger partial charge in [-0.15, -0.1) is 0 Å². The Balaban J connectivity index is 1.69. The van der Waals surface area contributed by atoms with Gasteiger partial charge in [0.1, 0.15) is 5.52 Å². The zero-order valence-corrected chi connectivity index (χ0v) is 18.1. The summed E-state index contributed by atoms with van der Waals surface area (Å²) in [6.45, 7) is 8.38. The van der Waals surface area contributed by atoms with E-state index in [9.17, 15) is 4.79 Å². The van der Waals surface area contributed by atoms with Crippen LogP contribution in [0.4, 0.5) is 5.69 Å². The van der Waals surface area contributed by atoms with Gasteiger partial charge in [0, 0.05) is 17.7 Å². The van der Waals surface area contributed by atoms with Crippen molar-refractivity contribution in [2.45, 2.75) is 46.5 Å². The first-order valence-corrected chi connectivity index (χ1v) is 10.4. The van der Waals surface area contributed by atoms with E-state index < -0.39 is 0 Å². The SMILES string of the molecule is CC[C@H](C)c1ccc2oc(-c3ccc(NC(=S)NC(=O)CC(C)C)cc3)nc2c1. The van der Waals surface area contributed by atoms with Gasteiger partial charge in [0.2, 0.25) is 11.8 Å². The zero-order chi connectivity index (χ0) is 21.0. The van der Waals surface area contributed by atoms with Crippen LogP contribution in [-0.4, -0.2) is 16.0 Å². The van der Waals surface area contributed by atoms with E-state index in [1.54, 1.807) is 0 Å². The molecule has 0 aliphatic rings. The first-order chi connectivity index (χ1) is 13.9. The topological polar surface area (TPSA) is 67.2 Å². The number of fused-ring (bicyclic) bond motifs is 1. The Bertz CT molecular complexity index is 1010. The second kappa shape index (κ2) is 9.18. The number of hydrogen-bond acceptors (Lipinski definition) is 4. The largest absolute Gasteiger partial charge is 0.436 e. The summed E-state index contributed by atoms with van der Waals surface area (Å²) in [5.41, 5.74) is 4.59. The molecular weight excluding hydrogens is 382 g/mol. The molecule has 0 aliphatic carbocycles. The molecule has 1 atom stereocenters. The third kappa shape index (κ3) is 5.41. The van der Waals surface area contributed by atoms with E-state index in [4.69, 9.17) is 16.6 Å². The van der Waals surface area contributed by atoms with Crippen molar-refractivity contribution >= 4 is 40.0 Å². The van der Waals surface area contributed by atoms with Crippen LogP contribution >= 0.6 is 12.2 Å². The van der Waals surface area contributed by atoms with E-state index in [-0.39, 0.29) is 11.8 Å². The van der Waals surface area contributed by atoms with Gasteiger partial charge in [-0.25, -0.2) is 4.98 Å². The van der Waals surface area contributed by atoms with Gasteiger partial charge in [-0.05, 0) is 72.4 Å². The molecule has 0 aliphatic heterocycles. The Hall–Kier alpha value is -2.73. The minimum absolute atomic E-state index is 0.0858. The highest BCUT2D eigenvalue weighted by Crippen LogP contribution is 2.28. The van der Waals surface area contributed by atoms with Crippen LogP contribution in [0.5, 0.6) is 0 Å². The van der Waals surface area contributed by atoms with Crippen LogP contribution in [0.2, 0.25) is 0 Å². The number of aromatic nitrogens is 1. The highest BCUT2D eigenvalue weighted by Gasteiger charge is 2.12. The molecule has 0 spiro atoms.